The van der Waals surface area contributed by atoms with Crippen LogP contribution in [0.2, 0.25) is 0 Å². The van der Waals surface area contributed by atoms with Crippen LogP contribution in [0.15, 0.2) is 59.2 Å². The van der Waals surface area contributed by atoms with Gasteiger partial charge >= 0.3 is 0 Å². The summed E-state index contributed by atoms with van der Waals surface area (Å²) in [6.45, 7) is 3.51. The van der Waals surface area contributed by atoms with Crippen LogP contribution in [0.5, 0.6) is 0 Å². The number of allylic oxidation sites excluding steroid dienone is 1. The lowest BCUT2D eigenvalue weighted by Crippen LogP contribution is -2.26. The monoisotopic (exact) mass is 281 g/mol. The minimum atomic E-state index is 0.0883. The average molecular weight is 281 g/mol. The van der Waals surface area contributed by atoms with Crippen molar-refractivity contribution in [2.24, 2.45) is 0 Å². The number of benzene rings is 1. The van der Waals surface area contributed by atoms with Gasteiger partial charge in [0.1, 0.15) is 5.76 Å². The fraction of sp³-hybridized carbons (Fsp3) is 0.278. The molecule has 0 aliphatic carbocycles. The highest BCUT2D eigenvalue weighted by Gasteiger charge is 2.28. The number of rotatable bonds is 3. The number of furan rings is 1. The molecular weight excluding hydrogens is 262 g/mol. The summed E-state index contributed by atoms with van der Waals surface area (Å²) < 4.78 is 5.44. The second kappa shape index (κ2) is 6.00. The number of likely N-dealkylation sites (tertiary alicyclic amines) is 1. The van der Waals surface area contributed by atoms with Gasteiger partial charge in [0.05, 0.1) is 6.26 Å². The average Bonchev–Trinajstić information content (AvgIpc) is 3.19. The highest BCUT2D eigenvalue weighted by Crippen LogP contribution is 2.27. The molecule has 1 aromatic heterocycles. The van der Waals surface area contributed by atoms with Gasteiger partial charge in [-0.3, -0.25) is 4.79 Å². The summed E-state index contributed by atoms with van der Waals surface area (Å²) in [5, 5.41) is 0. The fourth-order valence-electron chi connectivity index (χ4n) is 2.78. The fourth-order valence-corrected chi connectivity index (χ4v) is 2.78. The molecule has 0 saturated carbocycles. The molecule has 1 fully saturated rings. The number of hydrogen-bond acceptors (Lipinski definition) is 2. The second-order valence-corrected chi connectivity index (χ2v) is 5.48. The van der Waals surface area contributed by atoms with Crippen LogP contribution in [-0.2, 0) is 4.79 Å². The van der Waals surface area contributed by atoms with E-state index in [-0.39, 0.29) is 5.91 Å². The maximum Gasteiger partial charge on any atom is 0.246 e. The van der Waals surface area contributed by atoms with Crippen LogP contribution in [0.1, 0.15) is 30.6 Å². The Kier molecular flexibility index (Phi) is 3.91. The molecule has 1 unspecified atom stereocenters. The van der Waals surface area contributed by atoms with Crippen LogP contribution in [0.3, 0.4) is 0 Å². The van der Waals surface area contributed by atoms with Gasteiger partial charge in [-0.2, -0.15) is 0 Å². The van der Waals surface area contributed by atoms with Gasteiger partial charge in [-0.05, 0) is 36.6 Å². The number of carbonyl (C=O) groups is 1. The molecule has 2 heterocycles. The summed E-state index contributed by atoms with van der Waals surface area (Å²) in [6.07, 6.45) is 4.40. The van der Waals surface area contributed by atoms with E-state index in [0.29, 0.717) is 5.92 Å². The zero-order valence-corrected chi connectivity index (χ0v) is 12.2. The molecule has 1 aliphatic heterocycles. The van der Waals surface area contributed by atoms with E-state index in [2.05, 4.69) is 0 Å². The molecule has 21 heavy (non-hydrogen) atoms. The molecule has 0 radical (unpaired) electrons. The lowest BCUT2D eigenvalue weighted by molar-refractivity contribution is -0.125. The number of amides is 1. The highest BCUT2D eigenvalue weighted by atomic mass is 16.3. The molecule has 108 valence electrons. The van der Waals surface area contributed by atoms with E-state index in [9.17, 15) is 4.79 Å². The van der Waals surface area contributed by atoms with Crippen molar-refractivity contribution in [1.29, 1.82) is 0 Å². The largest absolute Gasteiger partial charge is 0.469 e. The van der Waals surface area contributed by atoms with E-state index in [1.165, 1.54) is 0 Å². The van der Waals surface area contributed by atoms with E-state index in [4.69, 9.17) is 4.42 Å². The molecule has 2 aromatic rings. The van der Waals surface area contributed by atoms with Gasteiger partial charge in [0.2, 0.25) is 5.91 Å². The van der Waals surface area contributed by atoms with Gasteiger partial charge in [-0.1, -0.05) is 30.3 Å². The minimum absolute atomic E-state index is 0.0883. The van der Waals surface area contributed by atoms with E-state index in [0.717, 1.165) is 36.4 Å². The predicted molar refractivity (Wildman–Crippen MR) is 82.7 cm³/mol. The molecule has 3 rings (SSSR count). The van der Waals surface area contributed by atoms with E-state index in [1.807, 2.05) is 54.3 Å². The smallest absolute Gasteiger partial charge is 0.246 e. The standard InChI is InChI=1S/C18H19NO2/c1-14(15-6-3-2-4-7-15)12-18(20)19-10-9-16(13-19)17-8-5-11-21-17/h2-8,11-12,16H,9-10,13H2,1H3/b14-12+. The van der Waals surface area contributed by atoms with E-state index >= 15 is 0 Å². The Morgan fingerprint density at radius 3 is 2.76 bits per heavy atom. The van der Waals surface area contributed by atoms with Gasteiger partial charge < -0.3 is 9.32 Å². The van der Waals surface area contributed by atoms with Crippen molar-refractivity contribution in [3.63, 3.8) is 0 Å². The van der Waals surface area contributed by atoms with Crippen molar-refractivity contribution >= 4 is 11.5 Å². The predicted octanol–water partition coefficient (Wildman–Crippen LogP) is 3.70. The Morgan fingerprint density at radius 1 is 1.24 bits per heavy atom. The lowest BCUT2D eigenvalue weighted by Gasteiger charge is -2.14. The topological polar surface area (TPSA) is 33.5 Å². The number of carbonyl (C=O) groups excluding carboxylic acids is 1. The van der Waals surface area contributed by atoms with Gasteiger partial charge in [-0.15, -0.1) is 0 Å². The molecule has 3 heteroatoms. The first-order valence-corrected chi connectivity index (χ1v) is 7.30. The summed E-state index contributed by atoms with van der Waals surface area (Å²) in [5.74, 6) is 1.40. The minimum Gasteiger partial charge on any atom is -0.469 e. The summed E-state index contributed by atoms with van der Waals surface area (Å²) in [4.78, 5) is 14.3. The zero-order valence-electron chi connectivity index (χ0n) is 12.2. The summed E-state index contributed by atoms with van der Waals surface area (Å²) in [7, 11) is 0. The van der Waals surface area contributed by atoms with Gasteiger partial charge in [0, 0.05) is 25.1 Å². The zero-order chi connectivity index (χ0) is 14.7. The Morgan fingerprint density at radius 2 is 2.05 bits per heavy atom. The summed E-state index contributed by atoms with van der Waals surface area (Å²) in [5.41, 5.74) is 2.09. The normalized spacial score (nSPS) is 19.0. The van der Waals surface area contributed by atoms with Crippen molar-refractivity contribution in [2.75, 3.05) is 13.1 Å². The summed E-state index contributed by atoms with van der Waals surface area (Å²) >= 11 is 0. The number of hydrogen-bond donors (Lipinski definition) is 0. The quantitative estimate of drug-likeness (QED) is 0.804. The maximum absolute atomic E-state index is 12.4. The molecule has 0 spiro atoms. The van der Waals surface area contributed by atoms with Crippen molar-refractivity contribution in [1.82, 2.24) is 4.90 Å². The van der Waals surface area contributed by atoms with Crippen LogP contribution in [0, 0.1) is 0 Å². The third-order valence-electron chi connectivity index (χ3n) is 4.01. The molecule has 1 amide bonds. The van der Waals surface area contributed by atoms with Crippen molar-refractivity contribution in [3.05, 3.63) is 66.1 Å². The van der Waals surface area contributed by atoms with Crippen LogP contribution in [0.4, 0.5) is 0 Å². The molecule has 3 nitrogen and oxygen atoms in total. The molecule has 1 aliphatic rings. The van der Waals surface area contributed by atoms with Crippen molar-refractivity contribution in [3.8, 4) is 0 Å². The Balaban J connectivity index is 1.67. The molecule has 1 saturated heterocycles. The van der Waals surface area contributed by atoms with Crippen molar-refractivity contribution in [2.45, 2.75) is 19.3 Å². The SMILES string of the molecule is C/C(=C\C(=O)N1CCC(c2ccco2)C1)c1ccccc1. The third kappa shape index (κ3) is 3.07. The molecule has 0 N–H and O–H groups in total. The molecule has 1 atom stereocenters. The molecule has 1 aromatic carbocycles. The Bertz CT molecular complexity index is 629. The molecule has 0 bridgehead atoms. The van der Waals surface area contributed by atoms with Gasteiger partial charge in [-0.25, -0.2) is 0 Å². The van der Waals surface area contributed by atoms with Gasteiger partial charge in [0.15, 0.2) is 0 Å². The van der Waals surface area contributed by atoms with Crippen LogP contribution >= 0.6 is 0 Å². The van der Waals surface area contributed by atoms with Crippen LogP contribution < -0.4 is 0 Å². The van der Waals surface area contributed by atoms with E-state index < -0.39 is 0 Å². The Hall–Kier alpha value is -2.29. The lowest BCUT2D eigenvalue weighted by atomic mass is 10.1. The third-order valence-corrected chi connectivity index (χ3v) is 4.01. The highest BCUT2D eigenvalue weighted by molar-refractivity contribution is 5.95. The first kappa shape index (κ1) is 13.7. The first-order chi connectivity index (χ1) is 10.2. The number of nitrogens with zero attached hydrogens (tertiary/aromatic N) is 1. The molecular formula is C18H19NO2. The maximum atomic E-state index is 12.4. The van der Waals surface area contributed by atoms with Gasteiger partial charge in [0.25, 0.3) is 0 Å². The first-order valence-electron chi connectivity index (χ1n) is 7.30. The summed E-state index contributed by atoms with van der Waals surface area (Å²) in [6, 6.07) is 13.9. The Labute approximate surface area is 124 Å². The van der Waals surface area contributed by atoms with E-state index in [1.54, 1.807) is 12.3 Å². The van der Waals surface area contributed by atoms with Crippen molar-refractivity contribution < 1.29 is 9.21 Å². The van der Waals surface area contributed by atoms with Crippen LogP contribution in [-0.4, -0.2) is 23.9 Å². The van der Waals surface area contributed by atoms with Crippen LogP contribution in [0.25, 0.3) is 5.57 Å². The second-order valence-electron chi connectivity index (χ2n) is 5.48.